The summed E-state index contributed by atoms with van der Waals surface area (Å²) in [5.74, 6) is 5.80. The Labute approximate surface area is 155 Å². The molecule has 0 unspecified atom stereocenters. The van der Waals surface area contributed by atoms with E-state index < -0.39 is 5.91 Å². The van der Waals surface area contributed by atoms with Crippen molar-refractivity contribution in [2.75, 3.05) is 0 Å². The van der Waals surface area contributed by atoms with Gasteiger partial charge in [-0.05, 0) is 65.1 Å². The molecule has 1 aliphatic rings. The Bertz CT molecular complexity index is 913. The van der Waals surface area contributed by atoms with Gasteiger partial charge in [-0.3, -0.25) is 10.0 Å². The van der Waals surface area contributed by atoms with Gasteiger partial charge in [-0.1, -0.05) is 51.7 Å². The van der Waals surface area contributed by atoms with Crippen LogP contribution in [0.2, 0.25) is 0 Å². The quantitative estimate of drug-likeness (QED) is 0.451. The number of carbonyl (C=O) groups is 1. The number of hydrogen-bond donors (Lipinski definition) is 2. The van der Waals surface area contributed by atoms with E-state index in [1.54, 1.807) is 23.7 Å². The molecule has 0 aliphatic heterocycles. The van der Waals surface area contributed by atoms with Crippen molar-refractivity contribution in [1.82, 2.24) is 5.48 Å². The molecule has 1 aliphatic carbocycles. The van der Waals surface area contributed by atoms with E-state index in [0.29, 0.717) is 5.56 Å². The van der Waals surface area contributed by atoms with Crippen molar-refractivity contribution < 1.29 is 10.0 Å². The second kappa shape index (κ2) is 6.63. The van der Waals surface area contributed by atoms with Crippen molar-refractivity contribution in [2.24, 2.45) is 0 Å². The molecule has 1 amide bonds. The van der Waals surface area contributed by atoms with E-state index in [9.17, 15) is 4.79 Å². The first-order chi connectivity index (χ1) is 12.2. The lowest BCUT2D eigenvalue weighted by molar-refractivity contribution is 0.0706. The van der Waals surface area contributed by atoms with Crippen LogP contribution in [0.5, 0.6) is 0 Å². The highest BCUT2D eigenvalue weighted by Crippen LogP contribution is 2.45. The van der Waals surface area contributed by atoms with Gasteiger partial charge in [0.15, 0.2) is 0 Å². The number of rotatable bonds is 1. The number of nitrogens with one attached hydrogen (secondary N) is 1. The molecule has 0 saturated carbocycles. The lowest BCUT2D eigenvalue weighted by Crippen LogP contribution is -2.33. The van der Waals surface area contributed by atoms with Gasteiger partial charge < -0.3 is 0 Å². The van der Waals surface area contributed by atoms with Gasteiger partial charge in [-0.2, -0.15) is 0 Å². The fourth-order valence-electron chi connectivity index (χ4n) is 3.61. The summed E-state index contributed by atoms with van der Waals surface area (Å²) in [4.78, 5) is 11.5. The fourth-order valence-corrected chi connectivity index (χ4v) is 3.61. The number of carbonyl (C=O) groups excluding carboxylic acids is 1. The van der Waals surface area contributed by atoms with Crippen LogP contribution in [0.25, 0.3) is 0 Å². The molecule has 0 saturated heterocycles. The minimum Gasteiger partial charge on any atom is -0.288 e. The first-order valence-electron chi connectivity index (χ1n) is 8.94. The van der Waals surface area contributed by atoms with Crippen molar-refractivity contribution in [2.45, 2.75) is 51.4 Å². The van der Waals surface area contributed by atoms with Gasteiger partial charge in [0.1, 0.15) is 0 Å². The van der Waals surface area contributed by atoms with E-state index in [4.69, 9.17) is 5.21 Å². The summed E-state index contributed by atoms with van der Waals surface area (Å²) >= 11 is 0. The third-order valence-corrected chi connectivity index (χ3v) is 5.43. The number of benzene rings is 2. The van der Waals surface area contributed by atoms with Gasteiger partial charge >= 0.3 is 0 Å². The lowest BCUT2D eigenvalue weighted by atomic mass is 9.63. The summed E-state index contributed by atoms with van der Waals surface area (Å²) in [5.41, 5.74) is 6.90. The Morgan fingerprint density at radius 1 is 0.923 bits per heavy atom. The Morgan fingerprint density at radius 3 is 2.19 bits per heavy atom. The zero-order valence-electron chi connectivity index (χ0n) is 15.8. The first-order valence-corrected chi connectivity index (χ1v) is 8.94. The van der Waals surface area contributed by atoms with Gasteiger partial charge in [0.25, 0.3) is 5.91 Å². The van der Waals surface area contributed by atoms with Crippen LogP contribution in [0.15, 0.2) is 42.5 Å². The fraction of sp³-hybridized carbons (Fsp3) is 0.348. The van der Waals surface area contributed by atoms with Crippen LogP contribution in [-0.2, 0) is 10.8 Å². The van der Waals surface area contributed by atoms with Gasteiger partial charge in [0, 0.05) is 16.7 Å². The third kappa shape index (κ3) is 3.52. The van der Waals surface area contributed by atoms with E-state index in [0.717, 1.165) is 11.1 Å². The second-order valence-corrected chi connectivity index (χ2v) is 8.30. The molecule has 3 nitrogen and oxygen atoms in total. The van der Waals surface area contributed by atoms with Crippen LogP contribution in [0.1, 0.15) is 73.1 Å². The predicted octanol–water partition coefficient (Wildman–Crippen LogP) is 4.55. The second-order valence-electron chi connectivity index (χ2n) is 8.30. The first kappa shape index (κ1) is 18.2. The van der Waals surface area contributed by atoms with Crippen molar-refractivity contribution >= 4 is 5.91 Å². The normalized spacial score (nSPS) is 16.8. The van der Waals surface area contributed by atoms with Crippen LogP contribution >= 0.6 is 0 Å². The molecular formula is C23H25NO2. The molecule has 2 N–H and O–H groups in total. The maximum atomic E-state index is 11.5. The predicted molar refractivity (Wildman–Crippen MR) is 103 cm³/mol. The van der Waals surface area contributed by atoms with Gasteiger partial charge in [0.05, 0.1) is 0 Å². The summed E-state index contributed by atoms with van der Waals surface area (Å²) in [6, 6.07) is 13.4. The van der Waals surface area contributed by atoms with E-state index in [1.807, 2.05) is 6.07 Å². The molecule has 0 atom stereocenters. The molecule has 0 fully saturated rings. The van der Waals surface area contributed by atoms with E-state index in [1.165, 1.54) is 24.0 Å². The monoisotopic (exact) mass is 347 g/mol. The average Bonchev–Trinajstić information content (AvgIpc) is 2.63. The number of hydrogen-bond acceptors (Lipinski definition) is 2. The lowest BCUT2D eigenvalue weighted by Gasteiger charge is -2.41. The van der Waals surface area contributed by atoms with Crippen molar-refractivity contribution in [3.8, 4) is 11.8 Å². The van der Waals surface area contributed by atoms with Gasteiger partial charge in [-0.25, -0.2) is 5.48 Å². The number of hydroxylamine groups is 1. The van der Waals surface area contributed by atoms with Crippen molar-refractivity contribution in [1.29, 1.82) is 0 Å². The third-order valence-electron chi connectivity index (χ3n) is 5.43. The smallest absolute Gasteiger partial charge is 0.274 e. The van der Waals surface area contributed by atoms with Crippen LogP contribution in [0.3, 0.4) is 0 Å². The van der Waals surface area contributed by atoms with Crippen molar-refractivity contribution in [3.05, 3.63) is 70.3 Å². The zero-order valence-corrected chi connectivity index (χ0v) is 15.8. The van der Waals surface area contributed by atoms with E-state index in [-0.39, 0.29) is 10.8 Å². The van der Waals surface area contributed by atoms with Crippen LogP contribution in [0, 0.1) is 11.8 Å². The molecule has 0 aromatic heterocycles. The highest BCUT2D eigenvalue weighted by molar-refractivity contribution is 5.93. The van der Waals surface area contributed by atoms with Gasteiger partial charge in [0.2, 0.25) is 0 Å². The molecule has 26 heavy (non-hydrogen) atoms. The average molecular weight is 347 g/mol. The van der Waals surface area contributed by atoms with E-state index in [2.05, 4.69) is 57.7 Å². The summed E-state index contributed by atoms with van der Waals surface area (Å²) in [7, 11) is 0. The Morgan fingerprint density at radius 2 is 1.54 bits per heavy atom. The van der Waals surface area contributed by atoms with Crippen molar-refractivity contribution in [3.63, 3.8) is 0 Å². The highest BCUT2D eigenvalue weighted by atomic mass is 16.5. The molecule has 3 heteroatoms. The minimum absolute atomic E-state index is 0.154. The summed E-state index contributed by atoms with van der Waals surface area (Å²) in [6.45, 7) is 9.22. The van der Waals surface area contributed by atoms with Crippen LogP contribution in [-0.4, -0.2) is 11.1 Å². The zero-order chi connectivity index (χ0) is 18.9. The highest BCUT2D eigenvalue weighted by Gasteiger charge is 2.36. The topological polar surface area (TPSA) is 49.3 Å². The summed E-state index contributed by atoms with van der Waals surface area (Å²) < 4.78 is 0. The molecule has 0 radical (unpaired) electrons. The Kier molecular flexibility index (Phi) is 4.64. The minimum atomic E-state index is -0.536. The SMILES string of the molecule is CC1(C)CCC(C)(C)c2cc(C#Cc3cccc(C(=O)NO)c3)ccc21. The molecule has 0 heterocycles. The number of fused-ring (bicyclic) bond motifs is 1. The molecular weight excluding hydrogens is 322 g/mol. The maximum absolute atomic E-state index is 11.5. The standard InChI is InChI=1S/C23H25NO2/c1-22(2)12-13-23(3,4)20-15-17(10-11-19(20)22)9-8-16-6-5-7-18(14-16)21(25)24-26/h5-7,10-11,14-15,26H,12-13H2,1-4H3,(H,24,25). The molecule has 2 aromatic carbocycles. The molecule has 0 spiro atoms. The number of amides is 1. The summed E-state index contributed by atoms with van der Waals surface area (Å²) in [6.07, 6.45) is 2.36. The summed E-state index contributed by atoms with van der Waals surface area (Å²) in [5, 5.41) is 8.76. The Hall–Kier alpha value is -2.57. The van der Waals surface area contributed by atoms with Crippen LogP contribution < -0.4 is 5.48 Å². The maximum Gasteiger partial charge on any atom is 0.274 e. The molecule has 2 aromatic rings. The van der Waals surface area contributed by atoms with Crippen LogP contribution in [0.4, 0.5) is 0 Å². The van der Waals surface area contributed by atoms with E-state index >= 15 is 0 Å². The molecule has 3 rings (SSSR count). The molecule has 134 valence electrons. The molecule has 0 bridgehead atoms. The largest absolute Gasteiger partial charge is 0.288 e. The van der Waals surface area contributed by atoms with Gasteiger partial charge in [-0.15, -0.1) is 0 Å². The Balaban J connectivity index is 1.96.